The number of halogens is 3. The fourth-order valence-electron chi connectivity index (χ4n) is 1.91. The van der Waals surface area contributed by atoms with Gasteiger partial charge in [-0.25, -0.2) is 0 Å². The molecule has 2 aromatic heterocycles. The molecular weight excluding hydrogens is 345 g/mol. The lowest BCUT2D eigenvalue weighted by molar-refractivity contribution is -0.141. The number of hydrogen-bond acceptors (Lipinski definition) is 5. The number of carbonyl (C=O) groups is 1. The minimum atomic E-state index is -4.54. The standard InChI is InChI=1S/C15H15F3N2O3S/c16-15(17,18)13-2-1-10(7-19-13)14(22)20-8-12(23-5-4-21)11-3-6-24-9-11/h1-3,6-7,9,12,21H,4-5,8H2,(H,20,22)/t12-/m0/s1. The topological polar surface area (TPSA) is 71.5 Å². The summed E-state index contributed by atoms with van der Waals surface area (Å²) in [4.78, 5) is 15.3. The molecule has 0 saturated carbocycles. The Balaban J connectivity index is 1.97. The number of aliphatic hydroxyl groups is 1. The van der Waals surface area contributed by atoms with Gasteiger partial charge in [0.15, 0.2) is 0 Å². The average Bonchev–Trinajstić information content (AvgIpc) is 3.08. The highest BCUT2D eigenvalue weighted by Crippen LogP contribution is 2.27. The van der Waals surface area contributed by atoms with Crippen molar-refractivity contribution in [1.29, 1.82) is 0 Å². The van der Waals surface area contributed by atoms with E-state index in [9.17, 15) is 18.0 Å². The zero-order valence-corrected chi connectivity index (χ0v) is 13.2. The van der Waals surface area contributed by atoms with Gasteiger partial charge in [-0.3, -0.25) is 9.78 Å². The van der Waals surface area contributed by atoms with E-state index in [2.05, 4.69) is 10.3 Å². The number of alkyl halides is 3. The van der Waals surface area contributed by atoms with Crippen LogP contribution in [-0.2, 0) is 10.9 Å². The lowest BCUT2D eigenvalue weighted by Crippen LogP contribution is -2.30. The van der Waals surface area contributed by atoms with Crippen molar-refractivity contribution in [3.05, 3.63) is 52.0 Å². The number of amides is 1. The van der Waals surface area contributed by atoms with E-state index in [4.69, 9.17) is 9.84 Å². The maximum Gasteiger partial charge on any atom is 0.433 e. The smallest absolute Gasteiger partial charge is 0.394 e. The summed E-state index contributed by atoms with van der Waals surface area (Å²) in [6.07, 6.45) is -4.11. The number of ether oxygens (including phenoxy) is 1. The molecule has 0 bridgehead atoms. The zero-order chi connectivity index (χ0) is 17.6. The van der Waals surface area contributed by atoms with Crippen LogP contribution in [0.25, 0.3) is 0 Å². The van der Waals surface area contributed by atoms with Crippen molar-refractivity contribution in [2.75, 3.05) is 19.8 Å². The highest BCUT2D eigenvalue weighted by Gasteiger charge is 2.32. The van der Waals surface area contributed by atoms with Crippen LogP contribution in [0, 0.1) is 0 Å². The van der Waals surface area contributed by atoms with Gasteiger partial charge in [-0.05, 0) is 34.5 Å². The molecule has 5 nitrogen and oxygen atoms in total. The molecule has 2 N–H and O–H groups in total. The largest absolute Gasteiger partial charge is 0.433 e. The summed E-state index contributed by atoms with van der Waals surface area (Å²) in [6.45, 7) is 0.0756. The summed E-state index contributed by atoms with van der Waals surface area (Å²) in [5.74, 6) is -0.552. The average molecular weight is 360 g/mol. The summed E-state index contributed by atoms with van der Waals surface area (Å²) in [5.41, 5.74) is -0.185. The van der Waals surface area contributed by atoms with E-state index in [1.165, 1.54) is 11.3 Å². The van der Waals surface area contributed by atoms with Gasteiger partial charge in [-0.15, -0.1) is 0 Å². The van der Waals surface area contributed by atoms with Gasteiger partial charge in [0, 0.05) is 12.7 Å². The highest BCUT2D eigenvalue weighted by molar-refractivity contribution is 7.07. The van der Waals surface area contributed by atoms with Crippen LogP contribution < -0.4 is 5.32 Å². The van der Waals surface area contributed by atoms with E-state index in [1.54, 1.807) is 0 Å². The van der Waals surface area contributed by atoms with Crippen LogP contribution in [0.5, 0.6) is 0 Å². The molecule has 0 aliphatic heterocycles. The van der Waals surface area contributed by atoms with Crippen LogP contribution in [0.4, 0.5) is 13.2 Å². The molecule has 0 aromatic carbocycles. The number of hydrogen-bond donors (Lipinski definition) is 2. The van der Waals surface area contributed by atoms with E-state index in [0.717, 1.165) is 23.9 Å². The van der Waals surface area contributed by atoms with Gasteiger partial charge in [0.2, 0.25) is 0 Å². The van der Waals surface area contributed by atoms with Crippen molar-refractivity contribution >= 4 is 17.2 Å². The van der Waals surface area contributed by atoms with E-state index in [0.29, 0.717) is 0 Å². The summed E-state index contributed by atoms with van der Waals surface area (Å²) in [7, 11) is 0. The minimum Gasteiger partial charge on any atom is -0.394 e. The summed E-state index contributed by atoms with van der Waals surface area (Å²) >= 11 is 1.46. The van der Waals surface area contributed by atoms with Gasteiger partial charge in [-0.2, -0.15) is 24.5 Å². The van der Waals surface area contributed by atoms with Gasteiger partial charge in [-0.1, -0.05) is 0 Å². The van der Waals surface area contributed by atoms with Crippen LogP contribution in [0.2, 0.25) is 0 Å². The molecule has 0 spiro atoms. The normalized spacial score (nSPS) is 12.8. The number of nitrogens with one attached hydrogen (secondary N) is 1. The molecule has 0 aliphatic rings. The van der Waals surface area contributed by atoms with Crippen LogP contribution >= 0.6 is 11.3 Å². The fourth-order valence-corrected chi connectivity index (χ4v) is 2.61. The Kier molecular flexibility index (Phi) is 6.29. The highest BCUT2D eigenvalue weighted by atomic mass is 32.1. The molecule has 0 aliphatic carbocycles. The van der Waals surface area contributed by atoms with Crippen molar-refractivity contribution < 1.29 is 27.8 Å². The van der Waals surface area contributed by atoms with Gasteiger partial charge in [0.1, 0.15) is 11.8 Å². The summed E-state index contributed by atoms with van der Waals surface area (Å²) in [5, 5.41) is 15.2. The molecule has 2 rings (SSSR count). The Hall–Kier alpha value is -1.97. The Morgan fingerprint density at radius 1 is 1.38 bits per heavy atom. The monoisotopic (exact) mass is 360 g/mol. The number of nitrogens with zero attached hydrogens (tertiary/aromatic N) is 1. The number of thiophene rings is 1. The summed E-state index contributed by atoms with van der Waals surface area (Å²) < 4.78 is 42.8. The Morgan fingerprint density at radius 2 is 2.17 bits per heavy atom. The summed E-state index contributed by atoms with van der Waals surface area (Å²) in [6, 6.07) is 3.66. The number of aromatic nitrogens is 1. The zero-order valence-electron chi connectivity index (χ0n) is 12.4. The maximum absolute atomic E-state index is 12.5. The van der Waals surface area contributed by atoms with E-state index >= 15 is 0 Å². The lowest BCUT2D eigenvalue weighted by atomic mass is 10.2. The second-order valence-electron chi connectivity index (χ2n) is 4.78. The number of carbonyl (C=O) groups excluding carboxylic acids is 1. The van der Waals surface area contributed by atoms with Crippen molar-refractivity contribution in [2.24, 2.45) is 0 Å². The van der Waals surface area contributed by atoms with E-state index in [-0.39, 0.29) is 25.3 Å². The van der Waals surface area contributed by atoms with E-state index < -0.39 is 23.9 Å². The Bertz CT molecular complexity index is 645. The van der Waals surface area contributed by atoms with E-state index in [1.807, 2.05) is 16.8 Å². The maximum atomic E-state index is 12.5. The molecule has 1 atom stereocenters. The minimum absolute atomic E-state index is 0.0224. The van der Waals surface area contributed by atoms with Crippen LogP contribution in [0.3, 0.4) is 0 Å². The third-order valence-corrected chi connectivity index (χ3v) is 3.79. The predicted molar refractivity (Wildman–Crippen MR) is 81.7 cm³/mol. The van der Waals surface area contributed by atoms with Crippen LogP contribution in [0.15, 0.2) is 35.2 Å². The first-order valence-electron chi connectivity index (χ1n) is 6.98. The number of rotatable bonds is 7. The molecule has 24 heavy (non-hydrogen) atoms. The fraction of sp³-hybridized carbons (Fsp3) is 0.333. The molecule has 0 unspecified atom stereocenters. The van der Waals surface area contributed by atoms with Crippen molar-refractivity contribution in [2.45, 2.75) is 12.3 Å². The molecule has 0 saturated heterocycles. The Morgan fingerprint density at radius 3 is 2.71 bits per heavy atom. The third kappa shape index (κ3) is 5.02. The molecular formula is C15H15F3N2O3S. The molecule has 9 heteroatoms. The quantitative estimate of drug-likeness (QED) is 0.796. The van der Waals surface area contributed by atoms with Crippen molar-refractivity contribution in [3.8, 4) is 0 Å². The van der Waals surface area contributed by atoms with Gasteiger partial charge < -0.3 is 15.2 Å². The first-order chi connectivity index (χ1) is 11.4. The lowest BCUT2D eigenvalue weighted by Gasteiger charge is -2.17. The van der Waals surface area contributed by atoms with Crippen LogP contribution in [-0.4, -0.2) is 35.8 Å². The number of aliphatic hydroxyl groups excluding tert-OH is 1. The van der Waals surface area contributed by atoms with Crippen molar-refractivity contribution in [3.63, 3.8) is 0 Å². The van der Waals surface area contributed by atoms with Crippen molar-refractivity contribution in [1.82, 2.24) is 10.3 Å². The van der Waals surface area contributed by atoms with Gasteiger partial charge in [0.25, 0.3) is 5.91 Å². The predicted octanol–water partition coefficient (Wildman–Crippen LogP) is 2.64. The second-order valence-corrected chi connectivity index (χ2v) is 5.56. The molecule has 0 radical (unpaired) electrons. The SMILES string of the molecule is O=C(NC[C@H](OCCO)c1ccsc1)c1ccc(C(F)(F)F)nc1. The van der Waals surface area contributed by atoms with Gasteiger partial charge >= 0.3 is 6.18 Å². The van der Waals surface area contributed by atoms with Crippen LogP contribution in [0.1, 0.15) is 27.7 Å². The molecule has 2 heterocycles. The van der Waals surface area contributed by atoms with Gasteiger partial charge in [0.05, 0.1) is 18.8 Å². The molecule has 0 fully saturated rings. The third-order valence-electron chi connectivity index (χ3n) is 3.09. The Labute approximate surface area is 140 Å². The number of pyridine rings is 1. The second kappa shape index (κ2) is 8.22. The first-order valence-corrected chi connectivity index (χ1v) is 7.92. The molecule has 1 amide bonds. The first kappa shape index (κ1) is 18.4. The molecule has 130 valence electrons. The molecule has 2 aromatic rings.